The molecule has 0 amide bonds. The molecule has 5 saturated carbocycles. The number of ketones is 1. The first-order valence-electron chi connectivity index (χ1n) is 10.9. The van der Waals surface area contributed by atoms with Gasteiger partial charge < -0.3 is 4.74 Å². The van der Waals surface area contributed by atoms with Crippen molar-refractivity contribution in [3.05, 3.63) is 11.6 Å². The third-order valence-corrected chi connectivity index (χ3v) is 10.1. The van der Waals surface area contributed by atoms with Crippen LogP contribution in [0.5, 0.6) is 0 Å². The number of hydrogen-bond donors (Lipinski definition) is 0. The molecule has 7 atom stereocenters. The molecule has 3 heteroatoms. The molecule has 0 aromatic carbocycles. The van der Waals surface area contributed by atoms with Gasteiger partial charge in [0.2, 0.25) is 5.90 Å². The van der Waals surface area contributed by atoms with E-state index in [1.165, 1.54) is 44.9 Å². The maximum absolute atomic E-state index is 13.3. The summed E-state index contributed by atoms with van der Waals surface area (Å²) in [4.78, 5) is 17.8. The first-order valence-corrected chi connectivity index (χ1v) is 10.9. The van der Waals surface area contributed by atoms with Crippen LogP contribution in [-0.2, 0) is 9.53 Å². The number of carbonyl (C=O) groups is 1. The van der Waals surface area contributed by atoms with E-state index in [-0.39, 0.29) is 10.8 Å². The summed E-state index contributed by atoms with van der Waals surface area (Å²) in [5.74, 6) is 4.33. The van der Waals surface area contributed by atoms with Crippen LogP contribution in [0.4, 0.5) is 0 Å². The van der Waals surface area contributed by atoms with Gasteiger partial charge in [0.15, 0.2) is 0 Å². The fraction of sp³-hybridized carbons (Fsp3) is 0.826. The average molecular weight is 354 g/mol. The molecule has 0 bridgehead atoms. The molecule has 0 N–H and O–H groups in total. The van der Waals surface area contributed by atoms with Gasteiger partial charge in [0, 0.05) is 11.8 Å². The Bertz CT molecular complexity index is 753. The lowest BCUT2D eigenvalue weighted by atomic mass is 9.46. The van der Waals surface area contributed by atoms with E-state index in [1.807, 2.05) is 0 Å². The number of Topliss-reactive ketones (excluding diaryl/α,β-unsaturated/α-hetero) is 1. The van der Waals surface area contributed by atoms with Crippen molar-refractivity contribution in [3.8, 4) is 0 Å². The van der Waals surface area contributed by atoms with E-state index in [4.69, 9.17) is 4.74 Å². The van der Waals surface area contributed by atoms with Gasteiger partial charge in [-0.05, 0) is 85.5 Å². The lowest BCUT2D eigenvalue weighted by molar-refractivity contribution is -0.148. The predicted molar refractivity (Wildman–Crippen MR) is 101 cm³/mol. The van der Waals surface area contributed by atoms with E-state index in [0.29, 0.717) is 23.0 Å². The highest BCUT2D eigenvalue weighted by Gasteiger charge is 2.77. The van der Waals surface area contributed by atoms with Crippen LogP contribution in [0.25, 0.3) is 0 Å². The van der Waals surface area contributed by atoms with E-state index in [2.05, 4.69) is 24.9 Å². The van der Waals surface area contributed by atoms with E-state index in [0.717, 1.165) is 37.3 Å². The minimum Gasteiger partial charge on any atom is -0.476 e. The molecule has 1 spiro atoms. The summed E-state index contributed by atoms with van der Waals surface area (Å²) >= 11 is 0. The highest BCUT2D eigenvalue weighted by atomic mass is 16.5. The Labute approximate surface area is 156 Å². The highest BCUT2D eigenvalue weighted by Crippen LogP contribution is 2.80. The van der Waals surface area contributed by atoms with E-state index in [1.54, 1.807) is 5.57 Å². The normalized spacial score (nSPS) is 55.7. The number of ether oxygens (including phenoxy) is 1. The van der Waals surface area contributed by atoms with Gasteiger partial charge >= 0.3 is 0 Å². The molecule has 6 rings (SSSR count). The average Bonchev–Trinajstić information content (AvgIpc) is 2.90. The molecular weight excluding hydrogens is 322 g/mol. The Morgan fingerprint density at radius 1 is 1.15 bits per heavy atom. The maximum atomic E-state index is 13.3. The number of fused-ring (bicyclic) bond motifs is 4. The molecule has 1 heterocycles. The predicted octanol–water partition coefficient (Wildman–Crippen LogP) is 4.56. The SMILES string of the molecule is C[C@]12CC[C@H]3[C@@H](CC(=O)[C@]45C[C@H]4CC[C@]35C)[C@@H]1CC/C2=C\C1=NCCO1. The molecule has 6 aliphatic rings. The molecule has 1 aliphatic heterocycles. The molecular formula is C23H31NO2. The van der Waals surface area contributed by atoms with Crippen LogP contribution in [0.15, 0.2) is 16.6 Å². The summed E-state index contributed by atoms with van der Waals surface area (Å²) in [6, 6.07) is 0. The second kappa shape index (κ2) is 4.83. The van der Waals surface area contributed by atoms with Crippen LogP contribution in [-0.4, -0.2) is 24.8 Å². The monoisotopic (exact) mass is 353 g/mol. The fourth-order valence-corrected chi connectivity index (χ4v) is 8.68. The zero-order valence-electron chi connectivity index (χ0n) is 16.2. The maximum Gasteiger partial charge on any atom is 0.208 e. The molecule has 0 radical (unpaired) electrons. The third kappa shape index (κ3) is 1.67. The quantitative estimate of drug-likeness (QED) is 0.693. The first kappa shape index (κ1) is 15.9. The fourth-order valence-electron chi connectivity index (χ4n) is 8.68. The summed E-state index contributed by atoms with van der Waals surface area (Å²) in [7, 11) is 0. The van der Waals surface area contributed by atoms with Crippen LogP contribution in [0.3, 0.4) is 0 Å². The Morgan fingerprint density at radius 3 is 2.81 bits per heavy atom. The van der Waals surface area contributed by atoms with Gasteiger partial charge in [-0.25, -0.2) is 4.99 Å². The topological polar surface area (TPSA) is 38.7 Å². The van der Waals surface area contributed by atoms with Crippen molar-refractivity contribution in [2.75, 3.05) is 13.2 Å². The highest BCUT2D eigenvalue weighted by molar-refractivity contribution is 5.91. The van der Waals surface area contributed by atoms with Crippen molar-refractivity contribution in [2.24, 2.45) is 44.9 Å². The Morgan fingerprint density at radius 2 is 2.04 bits per heavy atom. The zero-order chi connectivity index (χ0) is 17.7. The third-order valence-electron chi connectivity index (χ3n) is 10.1. The van der Waals surface area contributed by atoms with Gasteiger partial charge in [0.1, 0.15) is 12.4 Å². The van der Waals surface area contributed by atoms with Crippen LogP contribution >= 0.6 is 0 Å². The smallest absolute Gasteiger partial charge is 0.208 e. The van der Waals surface area contributed by atoms with Crippen molar-refractivity contribution in [2.45, 2.75) is 65.2 Å². The molecule has 5 fully saturated rings. The number of rotatable bonds is 1. The molecule has 0 unspecified atom stereocenters. The summed E-state index contributed by atoms with van der Waals surface area (Å²) in [6.45, 7) is 6.53. The van der Waals surface area contributed by atoms with Crippen molar-refractivity contribution in [1.29, 1.82) is 0 Å². The van der Waals surface area contributed by atoms with Crippen LogP contribution in [0.2, 0.25) is 0 Å². The number of aliphatic imine (C=N–C) groups is 1. The van der Waals surface area contributed by atoms with Crippen molar-refractivity contribution in [3.63, 3.8) is 0 Å². The number of hydrogen-bond acceptors (Lipinski definition) is 3. The minimum atomic E-state index is 0.117. The van der Waals surface area contributed by atoms with Gasteiger partial charge in [-0.15, -0.1) is 0 Å². The molecule has 5 aliphatic carbocycles. The van der Waals surface area contributed by atoms with Gasteiger partial charge in [0.05, 0.1) is 6.54 Å². The second-order valence-electron chi connectivity index (χ2n) is 10.6. The number of allylic oxidation sites excluding steroid dienone is 1. The first-order chi connectivity index (χ1) is 12.5. The van der Waals surface area contributed by atoms with Crippen LogP contribution in [0.1, 0.15) is 65.2 Å². The minimum absolute atomic E-state index is 0.117. The summed E-state index contributed by atoms with van der Waals surface area (Å²) in [6.07, 6.45) is 12.0. The molecule has 0 aromatic heterocycles. The zero-order valence-corrected chi connectivity index (χ0v) is 16.2. The standard InChI is InChI=1S/C23H31NO2/c1-21-7-6-18-16(12-19(25)23-13-15(23)5-8-22(18,23)2)17(21)4-3-14(21)11-20-24-9-10-26-20/h11,15-18H,3-10,12-13H2,1-2H3/b14-11+/t15-,16+,17+,18+,21-,22-,23+/m1/s1. The number of nitrogens with zero attached hydrogens (tertiary/aromatic N) is 1. The van der Waals surface area contributed by atoms with Gasteiger partial charge in [-0.1, -0.05) is 19.4 Å². The molecule has 0 aromatic rings. The summed E-state index contributed by atoms with van der Waals surface area (Å²) < 4.78 is 5.67. The van der Waals surface area contributed by atoms with Crippen LogP contribution < -0.4 is 0 Å². The van der Waals surface area contributed by atoms with Crippen molar-refractivity contribution < 1.29 is 9.53 Å². The summed E-state index contributed by atoms with van der Waals surface area (Å²) in [5, 5.41) is 0. The van der Waals surface area contributed by atoms with Gasteiger partial charge in [0.25, 0.3) is 0 Å². The Balaban J connectivity index is 1.35. The molecule has 140 valence electrons. The lowest BCUT2D eigenvalue weighted by Gasteiger charge is -2.57. The largest absolute Gasteiger partial charge is 0.476 e. The molecule has 26 heavy (non-hydrogen) atoms. The van der Waals surface area contributed by atoms with E-state index in [9.17, 15) is 4.79 Å². The summed E-state index contributed by atoms with van der Waals surface area (Å²) in [5.41, 5.74) is 2.24. The molecule has 3 nitrogen and oxygen atoms in total. The van der Waals surface area contributed by atoms with E-state index < -0.39 is 0 Å². The lowest BCUT2D eigenvalue weighted by Crippen LogP contribution is -2.54. The Kier molecular flexibility index (Phi) is 2.95. The van der Waals surface area contributed by atoms with E-state index >= 15 is 0 Å². The van der Waals surface area contributed by atoms with Crippen LogP contribution in [0, 0.1) is 39.9 Å². The number of carbonyl (C=O) groups excluding carboxylic acids is 1. The van der Waals surface area contributed by atoms with Gasteiger partial charge in [-0.2, -0.15) is 0 Å². The second-order valence-corrected chi connectivity index (χ2v) is 10.6. The Hall–Kier alpha value is -1.12. The molecule has 0 saturated heterocycles. The van der Waals surface area contributed by atoms with Crippen molar-refractivity contribution >= 4 is 11.7 Å². The van der Waals surface area contributed by atoms with Gasteiger partial charge in [-0.3, -0.25) is 4.79 Å². The van der Waals surface area contributed by atoms with Crippen molar-refractivity contribution in [1.82, 2.24) is 0 Å².